The third-order valence-electron chi connectivity index (χ3n) is 6.12. The van der Waals surface area contributed by atoms with Crippen LogP contribution < -0.4 is 14.2 Å². The van der Waals surface area contributed by atoms with Crippen LogP contribution in [-0.2, 0) is 19.4 Å². The van der Waals surface area contributed by atoms with Crippen molar-refractivity contribution < 1.29 is 19.0 Å². The maximum absolute atomic E-state index is 12.6. The summed E-state index contributed by atoms with van der Waals surface area (Å²) in [4.78, 5) is 16.8. The van der Waals surface area contributed by atoms with Crippen LogP contribution in [-0.4, -0.2) is 56.3 Å². The molecule has 6 heteroatoms. The number of rotatable bonds is 8. The third-order valence-corrected chi connectivity index (χ3v) is 6.12. The van der Waals surface area contributed by atoms with E-state index in [2.05, 4.69) is 29.2 Å². The van der Waals surface area contributed by atoms with Crippen LogP contribution in [0.1, 0.15) is 16.7 Å². The first kappa shape index (κ1) is 23.6. The average molecular weight is 461 g/mol. The second-order valence-corrected chi connectivity index (χ2v) is 8.48. The Morgan fingerprint density at radius 3 is 1.94 bits per heavy atom. The molecule has 0 bridgehead atoms. The van der Waals surface area contributed by atoms with Crippen LogP contribution in [0.15, 0.2) is 72.8 Å². The second-order valence-electron chi connectivity index (χ2n) is 8.48. The molecule has 1 aliphatic rings. The van der Waals surface area contributed by atoms with Crippen LogP contribution in [0.2, 0.25) is 0 Å². The molecule has 0 N–H and O–H groups in total. The number of hydrogen-bond donors (Lipinski definition) is 0. The molecule has 3 aromatic carbocycles. The number of nitrogens with zero attached hydrogens (tertiary/aromatic N) is 2. The fraction of sp³-hybridized carbons (Fsp3) is 0.321. The van der Waals surface area contributed by atoms with E-state index < -0.39 is 0 Å². The molecule has 0 radical (unpaired) electrons. The zero-order valence-electron chi connectivity index (χ0n) is 19.9. The summed E-state index contributed by atoms with van der Waals surface area (Å²) < 4.78 is 16.3. The van der Waals surface area contributed by atoms with Gasteiger partial charge >= 0.3 is 6.09 Å². The van der Waals surface area contributed by atoms with Crippen LogP contribution in [0, 0.1) is 0 Å². The normalized spacial score (nSPS) is 14.0. The number of carbonyl (C=O) groups is 1. The lowest BCUT2D eigenvalue weighted by Gasteiger charge is -2.34. The number of amides is 1. The molecule has 0 spiro atoms. The molecule has 1 amide bonds. The molecule has 0 aliphatic carbocycles. The highest BCUT2D eigenvalue weighted by Crippen LogP contribution is 2.24. The molecular weight excluding hydrogens is 428 g/mol. The van der Waals surface area contributed by atoms with E-state index >= 15 is 0 Å². The minimum absolute atomic E-state index is 0.282. The van der Waals surface area contributed by atoms with E-state index in [0.717, 1.165) is 49.5 Å². The predicted molar refractivity (Wildman–Crippen MR) is 133 cm³/mol. The molecule has 0 atom stereocenters. The highest BCUT2D eigenvalue weighted by Gasteiger charge is 2.22. The molecule has 0 unspecified atom stereocenters. The van der Waals surface area contributed by atoms with Crippen LogP contribution in [0.5, 0.6) is 17.2 Å². The van der Waals surface area contributed by atoms with Crippen LogP contribution >= 0.6 is 0 Å². The summed E-state index contributed by atoms with van der Waals surface area (Å²) >= 11 is 0. The van der Waals surface area contributed by atoms with Crippen molar-refractivity contribution in [2.75, 3.05) is 40.4 Å². The lowest BCUT2D eigenvalue weighted by atomic mass is 10.0. The standard InChI is InChI=1S/C28H32N2O4/c1-32-26-18-24(19-27(20-26)33-2)9-8-22-10-12-25(13-11-22)34-28(31)30-16-14-29(15-17-30)21-23-6-4-3-5-7-23/h3-7,10-13,18-20H,8-9,14-17,21H2,1-2H3. The van der Waals surface area contributed by atoms with E-state index in [-0.39, 0.29) is 6.09 Å². The van der Waals surface area contributed by atoms with Crippen LogP contribution in [0.4, 0.5) is 4.79 Å². The zero-order valence-corrected chi connectivity index (χ0v) is 19.9. The molecule has 34 heavy (non-hydrogen) atoms. The molecule has 0 aromatic heterocycles. The molecule has 6 nitrogen and oxygen atoms in total. The van der Waals surface area contributed by atoms with Gasteiger partial charge in [0.15, 0.2) is 0 Å². The van der Waals surface area contributed by atoms with Gasteiger partial charge in [-0.1, -0.05) is 42.5 Å². The van der Waals surface area contributed by atoms with Crippen molar-refractivity contribution in [1.82, 2.24) is 9.80 Å². The van der Waals surface area contributed by atoms with E-state index in [1.807, 2.05) is 48.5 Å². The van der Waals surface area contributed by atoms with Gasteiger partial charge in [-0.3, -0.25) is 4.90 Å². The summed E-state index contributed by atoms with van der Waals surface area (Å²) in [6.07, 6.45) is 1.45. The largest absolute Gasteiger partial charge is 0.497 e. The van der Waals surface area contributed by atoms with Crippen molar-refractivity contribution >= 4 is 6.09 Å². The van der Waals surface area contributed by atoms with Gasteiger partial charge < -0.3 is 19.1 Å². The van der Waals surface area contributed by atoms with Crippen molar-refractivity contribution in [3.05, 3.63) is 89.5 Å². The van der Waals surface area contributed by atoms with E-state index in [1.165, 1.54) is 11.1 Å². The maximum Gasteiger partial charge on any atom is 0.415 e. The van der Waals surface area contributed by atoms with Gasteiger partial charge in [-0.25, -0.2) is 4.79 Å². The van der Waals surface area contributed by atoms with Gasteiger partial charge in [0.05, 0.1) is 14.2 Å². The van der Waals surface area contributed by atoms with Crippen LogP contribution in [0.3, 0.4) is 0 Å². The number of ether oxygens (including phenoxy) is 3. The summed E-state index contributed by atoms with van der Waals surface area (Å²) in [7, 11) is 3.31. The minimum Gasteiger partial charge on any atom is -0.497 e. The first-order valence-electron chi connectivity index (χ1n) is 11.7. The molecule has 0 saturated carbocycles. The third kappa shape index (κ3) is 6.51. The van der Waals surface area contributed by atoms with Gasteiger partial charge in [-0.2, -0.15) is 0 Å². The molecule has 178 valence electrons. The van der Waals surface area contributed by atoms with E-state index in [4.69, 9.17) is 14.2 Å². The Bertz CT molecular complexity index is 1040. The second kappa shape index (κ2) is 11.6. The zero-order chi connectivity index (χ0) is 23.8. The lowest BCUT2D eigenvalue weighted by Crippen LogP contribution is -2.49. The number of carbonyl (C=O) groups excluding carboxylic acids is 1. The van der Waals surface area contributed by atoms with Gasteiger partial charge in [0, 0.05) is 38.8 Å². The molecule has 1 heterocycles. The molecule has 1 aliphatic heterocycles. The summed E-state index contributed by atoms with van der Waals surface area (Å²) in [6.45, 7) is 3.95. The van der Waals surface area contributed by atoms with Gasteiger partial charge in [-0.05, 0) is 53.8 Å². The van der Waals surface area contributed by atoms with E-state index in [1.54, 1.807) is 19.1 Å². The summed E-state index contributed by atoms with van der Waals surface area (Å²) in [5.41, 5.74) is 3.62. The van der Waals surface area contributed by atoms with Crippen molar-refractivity contribution in [2.24, 2.45) is 0 Å². The number of piperazine rings is 1. The fourth-order valence-corrected chi connectivity index (χ4v) is 4.12. The van der Waals surface area contributed by atoms with Gasteiger partial charge in [0.1, 0.15) is 17.2 Å². The summed E-state index contributed by atoms with van der Waals surface area (Å²) in [5.74, 6) is 2.15. The number of hydrogen-bond acceptors (Lipinski definition) is 5. The minimum atomic E-state index is -0.282. The lowest BCUT2D eigenvalue weighted by molar-refractivity contribution is 0.108. The Labute approximate surface area is 201 Å². The molecule has 1 saturated heterocycles. The topological polar surface area (TPSA) is 51.2 Å². The Morgan fingerprint density at radius 1 is 0.706 bits per heavy atom. The smallest absolute Gasteiger partial charge is 0.415 e. The molecule has 1 fully saturated rings. The van der Waals surface area contributed by atoms with Gasteiger partial charge in [-0.15, -0.1) is 0 Å². The Morgan fingerprint density at radius 2 is 1.32 bits per heavy atom. The number of benzene rings is 3. The van der Waals surface area contributed by atoms with Crippen molar-refractivity contribution in [3.63, 3.8) is 0 Å². The highest BCUT2D eigenvalue weighted by atomic mass is 16.6. The maximum atomic E-state index is 12.6. The summed E-state index contributed by atoms with van der Waals surface area (Å²) in [6, 6.07) is 24.1. The monoisotopic (exact) mass is 460 g/mol. The van der Waals surface area contributed by atoms with Gasteiger partial charge in [0.2, 0.25) is 0 Å². The first-order chi connectivity index (χ1) is 16.6. The SMILES string of the molecule is COc1cc(CCc2ccc(OC(=O)N3CCN(Cc4ccccc4)CC3)cc2)cc(OC)c1. The van der Waals surface area contributed by atoms with E-state index in [0.29, 0.717) is 18.8 Å². The quantitative estimate of drug-likeness (QED) is 0.483. The molecule has 3 aromatic rings. The Balaban J connectivity index is 1.24. The highest BCUT2D eigenvalue weighted by molar-refractivity contribution is 5.70. The molecule has 4 rings (SSSR count). The Hall–Kier alpha value is -3.51. The number of aryl methyl sites for hydroxylation is 2. The average Bonchev–Trinajstić information content (AvgIpc) is 2.89. The fourth-order valence-electron chi connectivity index (χ4n) is 4.12. The molecular formula is C28H32N2O4. The van der Waals surface area contributed by atoms with E-state index in [9.17, 15) is 4.79 Å². The van der Waals surface area contributed by atoms with Gasteiger partial charge in [0.25, 0.3) is 0 Å². The van der Waals surface area contributed by atoms with Crippen LogP contribution in [0.25, 0.3) is 0 Å². The van der Waals surface area contributed by atoms with Crippen molar-refractivity contribution in [1.29, 1.82) is 0 Å². The van der Waals surface area contributed by atoms with Crippen molar-refractivity contribution in [3.8, 4) is 17.2 Å². The predicted octanol–water partition coefficient (Wildman–Crippen LogP) is 4.81. The number of methoxy groups -OCH3 is 2. The summed E-state index contributed by atoms with van der Waals surface area (Å²) in [5, 5.41) is 0. The first-order valence-corrected chi connectivity index (χ1v) is 11.7. The Kier molecular flexibility index (Phi) is 8.04. The van der Waals surface area contributed by atoms with Crippen molar-refractivity contribution in [2.45, 2.75) is 19.4 Å².